The Labute approximate surface area is 172 Å². The van der Waals surface area contributed by atoms with Gasteiger partial charge in [-0.05, 0) is 37.4 Å². The number of ketones is 1. The number of carbonyl (C=O) groups excluding carboxylic acids is 1. The van der Waals surface area contributed by atoms with Gasteiger partial charge >= 0.3 is 0 Å². The number of Topliss-reactive ketones (excluding diaryl/α,β-unsaturated/α-hetero) is 1. The van der Waals surface area contributed by atoms with Crippen LogP contribution in [0.1, 0.15) is 32.4 Å². The number of piperidine rings is 1. The molecule has 6 nitrogen and oxygen atoms in total. The Kier molecular flexibility index (Phi) is 5.72. The van der Waals surface area contributed by atoms with Crippen molar-refractivity contribution in [1.29, 1.82) is 0 Å². The lowest BCUT2D eigenvalue weighted by molar-refractivity contribution is -0.124. The average molecular weight is 392 g/mol. The minimum absolute atomic E-state index is 0.125. The molecule has 1 aliphatic heterocycles. The van der Waals surface area contributed by atoms with Gasteiger partial charge in [-0.1, -0.05) is 13.8 Å². The second kappa shape index (κ2) is 8.41. The van der Waals surface area contributed by atoms with Crippen molar-refractivity contribution in [3.8, 4) is 11.1 Å². The fourth-order valence-corrected chi connectivity index (χ4v) is 4.22. The quantitative estimate of drug-likeness (QED) is 0.643. The molecule has 3 aromatic heterocycles. The molecule has 0 spiro atoms. The molecule has 29 heavy (non-hydrogen) atoms. The normalized spacial score (nSPS) is 17.9. The van der Waals surface area contributed by atoms with Gasteiger partial charge in [-0.3, -0.25) is 19.4 Å². The number of hydrogen-bond acceptors (Lipinski definition) is 5. The monoisotopic (exact) mass is 391 g/mol. The van der Waals surface area contributed by atoms with Gasteiger partial charge in [0, 0.05) is 67.1 Å². The van der Waals surface area contributed by atoms with Gasteiger partial charge in [-0.15, -0.1) is 0 Å². The van der Waals surface area contributed by atoms with Crippen molar-refractivity contribution >= 4 is 16.7 Å². The van der Waals surface area contributed by atoms with Gasteiger partial charge in [0.25, 0.3) is 0 Å². The van der Waals surface area contributed by atoms with Crippen LogP contribution in [0.25, 0.3) is 22.0 Å². The van der Waals surface area contributed by atoms with Gasteiger partial charge in [-0.2, -0.15) is 5.10 Å². The number of pyridine rings is 2. The average Bonchev–Trinajstić information content (AvgIpc) is 3.13. The maximum atomic E-state index is 12.9. The fraction of sp³-hybridized carbons (Fsp3) is 0.478. The molecular weight excluding hydrogens is 362 g/mol. The Morgan fingerprint density at radius 1 is 1.17 bits per heavy atom. The number of nitrogens with zero attached hydrogens (tertiary/aromatic N) is 5. The van der Waals surface area contributed by atoms with Crippen LogP contribution in [-0.4, -0.2) is 50.1 Å². The van der Waals surface area contributed by atoms with E-state index >= 15 is 0 Å². The van der Waals surface area contributed by atoms with Gasteiger partial charge in [0.2, 0.25) is 0 Å². The van der Waals surface area contributed by atoms with Crippen LogP contribution >= 0.6 is 0 Å². The SMILES string of the molecule is CC(C)CN1CCC[C@H](C(=O)Cc2cc3cc(-c4cnn(C)c4)cnc3cn2)C1. The van der Waals surface area contributed by atoms with Crippen molar-refractivity contribution in [2.24, 2.45) is 18.9 Å². The van der Waals surface area contributed by atoms with Crippen molar-refractivity contribution < 1.29 is 4.79 Å². The number of aromatic nitrogens is 4. The molecule has 4 heterocycles. The largest absolute Gasteiger partial charge is 0.302 e. The van der Waals surface area contributed by atoms with Gasteiger partial charge in [0.1, 0.15) is 5.78 Å². The molecule has 0 N–H and O–H groups in total. The summed E-state index contributed by atoms with van der Waals surface area (Å²) in [6, 6.07) is 4.11. The van der Waals surface area contributed by atoms with Crippen LogP contribution < -0.4 is 0 Å². The molecule has 0 bridgehead atoms. The summed E-state index contributed by atoms with van der Waals surface area (Å²) < 4.78 is 1.78. The molecule has 0 unspecified atom stereocenters. The zero-order chi connectivity index (χ0) is 20.4. The van der Waals surface area contributed by atoms with E-state index in [0.29, 0.717) is 18.1 Å². The number of hydrogen-bond donors (Lipinski definition) is 0. The molecule has 4 rings (SSSR count). The molecule has 1 fully saturated rings. The minimum Gasteiger partial charge on any atom is -0.302 e. The Balaban J connectivity index is 1.49. The Bertz CT molecular complexity index is 1010. The number of fused-ring (bicyclic) bond motifs is 1. The predicted molar refractivity (Wildman–Crippen MR) is 114 cm³/mol. The third kappa shape index (κ3) is 4.70. The number of likely N-dealkylation sites (tertiary alicyclic amines) is 1. The van der Waals surface area contributed by atoms with E-state index in [1.54, 1.807) is 10.9 Å². The van der Waals surface area contributed by atoms with Crippen LogP contribution in [0.4, 0.5) is 0 Å². The summed E-state index contributed by atoms with van der Waals surface area (Å²) in [5, 5.41) is 5.24. The van der Waals surface area contributed by atoms with Gasteiger partial charge < -0.3 is 4.90 Å². The predicted octanol–water partition coefficient (Wildman–Crippen LogP) is 3.51. The van der Waals surface area contributed by atoms with Gasteiger partial charge in [0.05, 0.1) is 17.9 Å². The van der Waals surface area contributed by atoms with Crippen molar-refractivity contribution in [3.05, 3.63) is 42.6 Å². The van der Waals surface area contributed by atoms with E-state index in [4.69, 9.17) is 0 Å². The molecule has 0 aromatic carbocycles. The maximum Gasteiger partial charge on any atom is 0.143 e. The van der Waals surface area contributed by atoms with E-state index in [-0.39, 0.29) is 5.92 Å². The highest BCUT2D eigenvalue weighted by Gasteiger charge is 2.26. The summed E-state index contributed by atoms with van der Waals surface area (Å²) in [7, 11) is 1.90. The van der Waals surface area contributed by atoms with Crippen molar-refractivity contribution in [3.63, 3.8) is 0 Å². The lowest BCUT2D eigenvalue weighted by Crippen LogP contribution is -2.40. The number of carbonyl (C=O) groups is 1. The van der Waals surface area contributed by atoms with E-state index < -0.39 is 0 Å². The molecule has 152 valence electrons. The second-order valence-electron chi connectivity index (χ2n) is 8.63. The molecule has 6 heteroatoms. The topological polar surface area (TPSA) is 63.9 Å². The summed E-state index contributed by atoms with van der Waals surface area (Å²) in [6.07, 6.45) is 9.92. The van der Waals surface area contributed by atoms with E-state index in [9.17, 15) is 4.79 Å². The number of rotatable bonds is 6. The Morgan fingerprint density at radius 3 is 2.79 bits per heavy atom. The highest BCUT2D eigenvalue weighted by molar-refractivity contribution is 5.86. The molecule has 0 radical (unpaired) electrons. The van der Waals surface area contributed by atoms with Crippen LogP contribution in [-0.2, 0) is 18.3 Å². The Morgan fingerprint density at radius 2 is 2.03 bits per heavy atom. The summed E-state index contributed by atoms with van der Waals surface area (Å²) in [5.74, 6) is 1.06. The molecule has 1 aliphatic rings. The fourth-order valence-electron chi connectivity index (χ4n) is 4.22. The van der Waals surface area contributed by atoms with Crippen molar-refractivity contribution in [2.75, 3.05) is 19.6 Å². The highest BCUT2D eigenvalue weighted by Crippen LogP contribution is 2.24. The zero-order valence-corrected chi connectivity index (χ0v) is 17.5. The third-order valence-corrected chi connectivity index (χ3v) is 5.60. The van der Waals surface area contributed by atoms with E-state index in [1.165, 1.54) is 0 Å². The first-order valence-electron chi connectivity index (χ1n) is 10.5. The summed E-state index contributed by atoms with van der Waals surface area (Å²) in [4.78, 5) is 24.4. The first kappa shape index (κ1) is 19.7. The maximum absolute atomic E-state index is 12.9. The summed E-state index contributed by atoms with van der Waals surface area (Å²) in [5.41, 5.74) is 3.72. The molecule has 0 saturated carbocycles. The molecule has 3 aromatic rings. The molecule has 1 saturated heterocycles. The molecular formula is C23H29N5O. The van der Waals surface area contributed by atoms with Crippen molar-refractivity contribution in [2.45, 2.75) is 33.1 Å². The lowest BCUT2D eigenvalue weighted by atomic mass is 9.91. The standard InChI is InChI=1S/C23H29N5O/c1-16(2)13-28-6-4-5-17(15-28)23(29)9-21-8-18-7-19(10-25-22(18)12-24-21)20-11-26-27(3)14-20/h7-8,10-12,14,16-17H,4-6,9,13,15H2,1-3H3/t17-/m0/s1. The van der Waals surface area contributed by atoms with Gasteiger partial charge in [-0.25, -0.2) is 0 Å². The summed E-state index contributed by atoms with van der Waals surface area (Å²) in [6.45, 7) is 7.54. The second-order valence-corrected chi connectivity index (χ2v) is 8.63. The van der Waals surface area contributed by atoms with Crippen LogP contribution in [0, 0.1) is 11.8 Å². The molecule has 0 amide bonds. The highest BCUT2D eigenvalue weighted by atomic mass is 16.1. The zero-order valence-electron chi connectivity index (χ0n) is 17.5. The smallest absolute Gasteiger partial charge is 0.143 e. The van der Waals surface area contributed by atoms with Gasteiger partial charge in [0.15, 0.2) is 0 Å². The van der Waals surface area contributed by atoms with Crippen LogP contribution in [0.2, 0.25) is 0 Å². The minimum atomic E-state index is 0.125. The number of aryl methyl sites for hydroxylation is 1. The van der Waals surface area contributed by atoms with E-state index in [1.807, 2.05) is 31.7 Å². The lowest BCUT2D eigenvalue weighted by Gasteiger charge is -2.33. The molecule has 1 atom stereocenters. The van der Waals surface area contributed by atoms with Crippen LogP contribution in [0.3, 0.4) is 0 Å². The van der Waals surface area contributed by atoms with Crippen molar-refractivity contribution in [1.82, 2.24) is 24.6 Å². The first-order valence-corrected chi connectivity index (χ1v) is 10.5. The van der Waals surface area contributed by atoms with E-state index in [0.717, 1.165) is 60.2 Å². The first-order chi connectivity index (χ1) is 14.0. The molecule has 0 aliphatic carbocycles. The van der Waals surface area contributed by atoms with Crippen LogP contribution in [0.15, 0.2) is 36.9 Å². The summed E-state index contributed by atoms with van der Waals surface area (Å²) >= 11 is 0. The Hall–Kier alpha value is -2.60. The van der Waals surface area contributed by atoms with Crippen LogP contribution in [0.5, 0.6) is 0 Å². The van der Waals surface area contributed by atoms with E-state index in [2.05, 4.69) is 39.9 Å². The third-order valence-electron chi connectivity index (χ3n) is 5.60.